The lowest BCUT2D eigenvalue weighted by molar-refractivity contribution is 1.17. The Labute approximate surface area is 366 Å². The van der Waals surface area contributed by atoms with E-state index in [-0.39, 0.29) is 0 Å². The van der Waals surface area contributed by atoms with E-state index in [0.29, 0.717) is 0 Å². The average molecular weight is 804 g/mol. The van der Waals surface area contributed by atoms with Gasteiger partial charge in [-0.15, -0.1) is 0 Å². The first-order valence-corrected chi connectivity index (χ1v) is 21.6. The van der Waals surface area contributed by atoms with Crippen LogP contribution in [0.2, 0.25) is 0 Å². The van der Waals surface area contributed by atoms with Crippen LogP contribution in [-0.4, -0.2) is 9.13 Å². The molecule has 0 amide bonds. The van der Waals surface area contributed by atoms with E-state index in [1.54, 1.807) is 0 Å². The molecule has 2 heterocycles. The van der Waals surface area contributed by atoms with E-state index in [0.717, 1.165) is 45.1 Å². The maximum absolute atomic E-state index is 2.45. The summed E-state index contributed by atoms with van der Waals surface area (Å²) in [5.41, 5.74) is 17.1. The number of para-hydroxylation sites is 5. The predicted octanol–water partition coefficient (Wildman–Crippen LogP) is 16.4. The number of hydrogen-bond acceptors (Lipinski definition) is 1. The molecule has 0 aliphatic carbocycles. The van der Waals surface area contributed by atoms with E-state index < -0.39 is 0 Å². The summed E-state index contributed by atoms with van der Waals surface area (Å²) < 4.78 is 4.89. The summed E-state index contributed by atoms with van der Waals surface area (Å²) in [6, 6.07) is 90.3. The molecule has 0 radical (unpaired) electrons. The van der Waals surface area contributed by atoms with Crippen molar-refractivity contribution in [3.63, 3.8) is 0 Å². The van der Waals surface area contributed by atoms with Gasteiger partial charge >= 0.3 is 0 Å². The molecule has 12 rings (SSSR count). The minimum atomic E-state index is 1.06. The maximum Gasteiger partial charge on any atom is 0.0619 e. The van der Waals surface area contributed by atoms with E-state index >= 15 is 0 Å². The van der Waals surface area contributed by atoms with Crippen LogP contribution in [-0.2, 0) is 0 Å². The van der Waals surface area contributed by atoms with E-state index in [9.17, 15) is 0 Å². The van der Waals surface area contributed by atoms with Gasteiger partial charge in [-0.25, -0.2) is 0 Å². The fraction of sp³-hybridized carbons (Fsp3) is 0. The molecule has 0 saturated carbocycles. The van der Waals surface area contributed by atoms with Crippen LogP contribution in [0.4, 0.5) is 17.1 Å². The van der Waals surface area contributed by atoms with Crippen molar-refractivity contribution >= 4 is 60.7 Å². The van der Waals surface area contributed by atoms with E-state index in [4.69, 9.17) is 0 Å². The summed E-state index contributed by atoms with van der Waals surface area (Å²) in [6.07, 6.45) is 0. The molecule has 0 saturated heterocycles. The van der Waals surface area contributed by atoms with Crippen molar-refractivity contribution < 1.29 is 0 Å². The van der Waals surface area contributed by atoms with Crippen molar-refractivity contribution in [2.75, 3.05) is 4.90 Å². The molecule has 10 aromatic carbocycles. The maximum atomic E-state index is 2.45. The molecule has 3 heteroatoms. The highest BCUT2D eigenvalue weighted by Gasteiger charge is 2.22. The van der Waals surface area contributed by atoms with Crippen molar-refractivity contribution in [1.82, 2.24) is 9.13 Å². The molecule has 0 N–H and O–H groups in total. The van der Waals surface area contributed by atoms with Crippen LogP contribution >= 0.6 is 0 Å². The van der Waals surface area contributed by atoms with Gasteiger partial charge in [0.05, 0.1) is 22.1 Å². The van der Waals surface area contributed by atoms with Crippen molar-refractivity contribution in [3.05, 3.63) is 249 Å². The number of nitrogens with zero attached hydrogens (tertiary/aromatic N) is 3. The Morgan fingerprint density at radius 1 is 0.254 bits per heavy atom. The smallest absolute Gasteiger partial charge is 0.0619 e. The zero-order valence-electron chi connectivity index (χ0n) is 34.5. The number of hydrogen-bond donors (Lipinski definition) is 0. The molecule has 3 nitrogen and oxygen atoms in total. The lowest BCUT2D eigenvalue weighted by atomic mass is 9.99. The van der Waals surface area contributed by atoms with Crippen LogP contribution in [0.3, 0.4) is 0 Å². The van der Waals surface area contributed by atoms with E-state index in [1.807, 2.05) is 0 Å². The van der Waals surface area contributed by atoms with Crippen molar-refractivity contribution in [3.8, 4) is 44.8 Å². The van der Waals surface area contributed by atoms with Gasteiger partial charge < -0.3 is 14.0 Å². The second-order valence-corrected chi connectivity index (χ2v) is 16.2. The molecule has 63 heavy (non-hydrogen) atoms. The van der Waals surface area contributed by atoms with E-state index in [1.165, 1.54) is 60.3 Å². The minimum Gasteiger partial charge on any atom is -0.310 e. The second-order valence-electron chi connectivity index (χ2n) is 16.2. The van der Waals surface area contributed by atoms with Gasteiger partial charge in [-0.1, -0.05) is 176 Å². The first-order valence-electron chi connectivity index (χ1n) is 21.6. The molecular weight excluding hydrogens is 763 g/mol. The van der Waals surface area contributed by atoms with Gasteiger partial charge in [0.15, 0.2) is 0 Å². The molecule has 296 valence electrons. The lowest BCUT2D eigenvalue weighted by Crippen LogP contribution is -2.11. The highest BCUT2D eigenvalue weighted by molar-refractivity contribution is 6.14. The van der Waals surface area contributed by atoms with E-state index in [2.05, 4.69) is 263 Å². The number of anilines is 3. The Morgan fingerprint density at radius 2 is 0.730 bits per heavy atom. The monoisotopic (exact) mass is 803 g/mol. The van der Waals surface area contributed by atoms with Gasteiger partial charge in [0.25, 0.3) is 0 Å². The summed E-state index contributed by atoms with van der Waals surface area (Å²) >= 11 is 0. The number of fused-ring (bicyclic) bond motifs is 6. The summed E-state index contributed by atoms with van der Waals surface area (Å²) in [5.74, 6) is 0. The number of aromatic nitrogens is 2. The van der Waals surface area contributed by atoms with Crippen LogP contribution in [0.5, 0.6) is 0 Å². The fourth-order valence-electron chi connectivity index (χ4n) is 9.64. The Bertz CT molecular complexity index is 3550. The first kappa shape index (κ1) is 36.5. The third-order valence-corrected chi connectivity index (χ3v) is 12.5. The van der Waals surface area contributed by atoms with Crippen LogP contribution in [0.1, 0.15) is 0 Å². The summed E-state index contributed by atoms with van der Waals surface area (Å²) in [6.45, 7) is 0. The largest absolute Gasteiger partial charge is 0.310 e. The SMILES string of the molecule is c1ccc(-c2ccc(N(c3cccc(-c4ccccc4)c3)c3cc(-c4cccc5c6ccccc6n(-c6ccccc6)c45)cc(-n4c5ccccc5c5ccccc54)c3)cc2)cc1. The lowest BCUT2D eigenvalue weighted by Gasteiger charge is -2.28. The quantitative estimate of drug-likeness (QED) is 0.149. The summed E-state index contributed by atoms with van der Waals surface area (Å²) in [7, 11) is 0. The highest BCUT2D eigenvalue weighted by Crippen LogP contribution is 2.44. The third-order valence-electron chi connectivity index (χ3n) is 12.5. The van der Waals surface area contributed by atoms with Crippen LogP contribution in [0, 0.1) is 0 Å². The predicted molar refractivity (Wildman–Crippen MR) is 266 cm³/mol. The third kappa shape index (κ3) is 6.29. The van der Waals surface area contributed by atoms with Gasteiger partial charge in [0.2, 0.25) is 0 Å². The Kier molecular flexibility index (Phi) is 8.83. The summed E-state index contributed by atoms with van der Waals surface area (Å²) in [4.78, 5) is 2.43. The molecule has 0 atom stereocenters. The molecule has 12 aromatic rings. The van der Waals surface area contributed by atoms with Gasteiger partial charge in [-0.3, -0.25) is 0 Å². The minimum absolute atomic E-state index is 1.06. The summed E-state index contributed by atoms with van der Waals surface area (Å²) in [5, 5.41) is 4.92. The number of benzene rings is 10. The van der Waals surface area contributed by atoms with Crippen molar-refractivity contribution in [2.24, 2.45) is 0 Å². The molecular formula is C60H41N3. The first-order chi connectivity index (χ1) is 31.3. The Morgan fingerprint density at radius 3 is 1.38 bits per heavy atom. The zero-order chi connectivity index (χ0) is 41.7. The molecule has 0 unspecified atom stereocenters. The van der Waals surface area contributed by atoms with Gasteiger partial charge in [0, 0.05) is 55.5 Å². The van der Waals surface area contributed by atoms with Gasteiger partial charge in [-0.2, -0.15) is 0 Å². The number of rotatable bonds is 8. The highest BCUT2D eigenvalue weighted by atomic mass is 15.1. The van der Waals surface area contributed by atoms with Crippen LogP contribution in [0.25, 0.3) is 88.4 Å². The van der Waals surface area contributed by atoms with Crippen LogP contribution in [0.15, 0.2) is 249 Å². The van der Waals surface area contributed by atoms with Gasteiger partial charge in [0.1, 0.15) is 0 Å². The zero-order valence-corrected chi connectivity index (χ0v) is 34.5. The Balaban J connectivity index is 1.17. The Hall–Kier alpha value is -8.40. The van der Waals surface area contributed by atoms with Crippen LogP contribution < -0.4 is 4.90 Å². The molecule has 2 aromatic heterocycles. The molecule has 0 spiro atoms. The molecule has 0 fully saturated rings. The van der Waals surface area contributed by atoms with Crippen molar-refractivity contribution in [2.45, 2.75) is 0 Å². The van der Waals surface area contributed by atoms with Gasteiger partial charge in [-0.05, 0) is 101 Å². The normalized spacial score (nSPS) is 11.5. The standard InChI is InChI=1S/C60H41N3/c1-4-18-42(19-5-1)44-34-36-48(37-35-44)61(49-25-16-22-45(38-49)43-20-6-2-7-21-43)50-39-46(40-51(41-50)62-57-31-13-10-26-53(57)54-27-11-14-32-58(54)62)52-29-17-30-56-55-28-12-15-33-59(55)63(60(52)56)47-23-8-3-9-24-47/h1-41H. The van der Waals surface area contributed by atoms with Crippen molar-refractivity contribution in [1.29, 1.82) is 0 Å². The molecule has 0 aliphatic heterocycles. The average Bonchev–Trinajstić information content (AvgIpc) is 3.88. The molecule has 0 bridgehead atoms. The fourth-order valence-corrected chi connectivity index (χ4v) is 9.64. The topological polar surface area (TPSA) is 13.1 Å². The molecule has 0 aliphatic rings. The second kappa shape index (κ2) is 15.3.